The number of nitrogens with one attached hydrogen (secondary N) is 2. The molecule has 2 fully saturated rings. The zero-order valence-corrected chi connectivity index (χ0v) is 11.7. The Morgan fingerprint density at radius 3 is 2.85 bits per heavy atom. The number of nitrogens with zero attached hydrogens (tertiary/aromatic N) is 2. The van der Waals surface area contributed by atoms with Crippen LogP contribution in [-0.4, -0.2) is 29.0 Å². The Morgan fingerprint density at radius 1 is 1.50 bits per heavy atom. The summed E-state index contributed by atoms with van der Waals surface area (Å²) in [6.45, 7) is 4.25. The largest absolute Gasteiger partial charge is 0.350 e. The Hall–Kier alpha value is -1.85. The Kier molecular flexibility index (Phi) is 3.46. The number of anilines is 1. The molecule has 2 N–H and O–H groups in total. The summed E-state index contributed by atoms with van der Waals surface area (Å²) in [6.07, 6.45) is 3.22. The average Bonchev–Trinajstić information content (AvgIpc) is 2.93. The number of amides is 1. The predicted octanol–water partition coefficient (Wildman–Crippen LogP) is 0.642. The fraction of sp³-hybridized carbons (Fsp3) is 0.643. The third-order valence-electron chi connectivity index (χ3n) is 4.08. The summed E-state index contributed by atoms with van der Waals surface area (Å²) in [5.74, 6) is 1.33. The van der Waals surface area contributed by atoms with Crippen LogP contribution >= 0.6 is 0 Å². The van der Waals surface area contributed by atoms with Crippen molar-refractivity contribution in [3.63, 3.8) is 0 Å². The van der Waals surface area contributed by atoms with Gasteiger partial charge in [0, 0.05) is 25.1 Å². The fourth-order valence-electron chi connectivity index (χ4n) is 2.66. The van der Waals surface area contributed by atoms with Crippen molar-refractivity contribution in [3.8, 4) is 0 Å². The van der Waals surface area contributed by atoms with Crippen LogP contribution in [0.3, 0.4) is 0 Å². The summed E-state index contributed by atoms with van der Waals surface area (Å²) in [5.41, 5.74) is 0.461. The van der Waals surface area contributed by atoms with E-state index in [9.17, 15) is 9.59 Å². The van der Waals surface area contributed by atoms with Crippen LogP contribution in [0, 0.1) is 11.8 Å². The van der Waals surface area contributed by atoms with Gasteiger partial charge in [-0.3, -0.25) is 14.6 Å². The van der Waals surface area contributed by atoms with E-state index in [-0.39, 0.29) is 17.4 Å². The number of aromatic amines is 1. The molecule has 0 aromatic carbocycles. The number of carbonyl (C=O) groups excluding carboxylic acids is 1. The molecule has 1 aliphatic carbocycles. The highest BCUT2D eigenvalue weighted by molar-refractivity contribution is 5.81. The van der Waals surface area contributed by atoms with Crippen molar-refractivity contribution >= 4 is 11.9 Å². The molecule has 3 rings (SSSR count). The Morgan fingerprint density at radius 2 is 2.20 bits per heavy atom. The van der Waals surface area contributed by atoms with Gasteiger partial charge in [-0.15, -0.1) is 0 Å². The molecule has 0 spiro atoms. The first kappa shape index (κ1) is 13.1. The zero-order chi connectivity index (χ0) is 14.1. The van der Waals surface area contributed by atoms with Crippen LogP contribution in [0.2, 0.25) is 0 Å². The van der Waals surface area contributed by atoms with Crippen LogP contribution in [0.15, 0.2) is 10.9 Å². The van der Waals surface area contributed by atoms with Crippen molar-refractivity contribution in [1.29, 1.82) is 0 Å². The summed E-state index contributed by atoms with van der Waals surface area (Å²) in [5, 5.41) is 2.86. The van der Waals surface area contributed by atoms with Crippen LogP contribution in [-0.2, 0) is 11.3 Å². The van der Waals surface area contributed by atoms with Crippen molar-refractivity contribution in [2.24, 2.45) is 11.8 Å². The minimum atomic E-state index is -0.161. The molecular formula is C14H20N4O2. The molecule has 6 heteroatoms. The van der Waals surface area contributed by atoms with E-state index in [1.165, 1.54) is 6.07 Å². The van der Waals surface area contributed by atoms with Crippen molar-refractivity contribution in [2.45, 2.75) is 32.7 Å². The van der Waals surface area contributed by atoms with E-state index in [0.717, 1.165) is 32.4 Å². The molecule has 6 nitrogen and oxygen atoms in total. The molecule has 2 heterocycles. The molecular weight excluding hydrogens is 256 g/mol. The number of rotatable bonds is 4. The van der Waals surface area contributed by atoms with Gasteiger partial charge in [0.1, 0.15) is 0 Å². The van der Waals surface area contributed by atoms with Gasteiger partial charge in [0.25, 0.3) is 5.56 Å². The zero-order valence-electron chi connectivity index (χ0n) is 11.7. The third kappa shape index (κ3) is 2.84. The van der Waals surface area contributed by atoms with E-state index in [4.69, 9.17) is 0 Å². The Balaban J connectivity index is 1.66. The van der Waals surface area contributed by atoms with Gasteiger partial charge in [0.05, 0.1) is 12.2 Å². The highest BCUT2D eigenvalue weighted by Crippen LogP contribution is 2.37. The topological polar surface area (TPSA) is 78.1 Å². The lowest BCUT2D eigenvalue weighted by atomic mass is 10.3. The monoisotopic (exact) mass is 276 g/mol. The van der Waals surface area contributed by atoms with Gasteiger partial charge in [-0.1, -0.05) is 6.92 Å². The number of hydrogen-bond acceptors (Lipinski definition) is 4. The number of carbonyl (C=O) groups is 1. The van der Waals surface area contributed by atoms with Crippen molar-refractivity contribution in [3.05, 3.63) is 22.1 Å². The summed E-state index contributed by atoms with van der Waals surface area (Å²) < 4.78 is 0. The number of aromatic nitrogens is 2. The molecule has 1 aromatic heterocycles. The SMILES string of the molecule is C[C@@H]1C[C@@H]1C(=O)NCc1cc(=O)[nH]c(N2CCCC2)n1. The van der Waals surface area contributed by atoms with Gasteiger partial charge in [-0.2, -0.15) is 0 Å². The number of H-pyrrole nitrogens is 1. The second kappa shape index (κ2) is 5.26. The molecule has 1 aliphatic heterocycles. The third-order valence-corrected chi connectivity index (χ3v) is 4.08. The van der Waals surface area contributed by atoms with E-state index in [0.29, 0.717) is 24.1 Å². The van der Waals surface area contributed by atoms with Crippen LogP contribution in [0.1, 0.15) is 31.9 Å². The first-order chi connectivity index (χ1) is 9.63. The molecule has 2 atom stereocenters. The van der Waals surface area contributed by atoms with Gasteiger partial charge < -0.3 is 10.2 Å². The minimum absolute atomic E-state index is 0.0716. The lowest BCUT2D eigenvalue weighted by Crippen LogP contribution is -2.28. The minimum Gasteiger partial charge on any atom is -0.350 e. The summed E-state index contributed by atoms with van der Waals surface area (Å²) in [6, 6.07) is 1.45. The van der Waals surface area contributed by atoms with Crippen molar-refractivity contribution in [1.82, 2.24) is 15.3 Å². The van der Waals surface area contributed by atoms with Crippen LogP contribution in [0.25, 0.3) is 0 Å². The molecule has 1 aromatic rings. The summed E-state index contributed by atoms with van der Waals surface area (Å²) in [4.78, 5) is 32.7. The lowest BCUT2D eigenvalue weighted by Gasteiger charge is -2.16. The van der Waals surface area contributed by atoms with E-state index < -0.39 is 0 Å². The Labute approximate surface area is 117 Å². The van der Waals surface area contributed by atoms with E-state index in [1.807, 2.05) is 0 Å². The summed E-state index contributed by atoms with van der Waals surface area (Å²) in [7, 11) is 0. The molecule has 20 heavy (non-hydrogen) atoms. The maximum atomic E-state index is 11.8. The van der Waals surface area contributed by atoms with Crippen molar-refractivity contribution < 1.29 is 4.79 Å². The molecule has 1 saturated carbocycles. The summed E-state index contributed by atoms with van der Waals surface area (Å²) >= 11 is 0. The highest BCUT2D eigenvalue weighted by atomic mass is 16.2. The van der Waals surface area contributed by atoms with Crippen LogP contribution in [0.5, 0.6) is 0 Å². The molecule has 0 radical (unpaired) electrons. The highest BCUT2D eigenvalue weighted by Gasteiger charge is 2.38. The number of hydrogen-bond donors (Lipinski definition) is 2. The second-order valence-corrected chi connectivity index (χ2v) is 5.79. The standard InChI is InChI=1S/C14H20N4O2/c1-9-6-11(9)13(20)15-8-10-7-12(19)17-14(16-10)18-4-2-3-5-18/h7,9,11H,2-6,8H2,1H3,(H,15,20)(H,16,17,19)/t9-,11+/m1/s1. The molecule has 1 amide bonds. The van der Waals surface area contributed by atoms with Crippen LogP contribution in [0.4, 0.5) is 5.95 Å². The van der Waals surface area contributed by atoms with Crippen LogP contribution < -0.4 is 15.8 Å². The Bertz CT molecular complexity index is 563. The second-order valence-electron chi connectivity index (χ2n) is 5.79. The molecule has 0 unspecified atom stereocenters. The van der Waals surface area contributed by atoms with Gasteiger partial charge in [0.15, 0.2) is 0 Å². The maximum absolute atomic E-state index is 11.8. The molecule has 1 saturated heterocycles. The average molecular weight is 276 g/mol. The van der Waals surface area contributed by atoms with E-state index >= 15 is 0 Å². The molecule has 108 valence electrons. The van der Waals surface area contributed by atoms with Crippen molar-refractivity contribution in [2.75, 3.05) is 18.0 Å². The maximum Gasteiger partial charge on any atom is 0.252 e. The van der Waals surface area contributed by atoms with Gasteiger partial charge in [0.2, 0.25) is 11.9 Å². The van der Waals surface area contributed by atoms with Gasteiger partial charge >= 0.3 is 0 Å². The first-order valence-corrected chi connectivity index (χ1v) is 7.26. The lowest BCUT2D eigenvalue weighted by molar-refractivity contribution is -0.122. The van der Waals surface area contributed by atoms with Gasteiger partial charge in [-0.05, 0) is 25.2 Å². The normalized spacial score (nSPS) is 24.8. The molecule has 2 aliphatic rings. The quantitative estimate of drug-likeness (QED) is 0.846. The van der Waals surface area contributed by atoms with E-state index in [2.05, 4.69) is 27.1 Å². The van der Waals surface area contributed by atoms with E-state index in [1.54, 1.807) is 0 Å². The van der Waals surface area contributed by atoms with Gasteiger partial charge in [-0.25, -0.2) is 4.98 Å². The molecule has 0 bridgehead atoms. The fourth-order valence-corrected chi connectivity index (χ4v) is 2.66. The first-order valence-electron chi connectivity index (χ1n) is 7.26. The smallest absolute Gasteiger partial charge is 0.252 e. The predicted molar refractivity (Wildman–Crippen MR) is 75.4 cm³/mol.